The molecule has 0 spiro atoms. The highest BCUT2D eigenvalue weighted by Crippen LogP contribution is 2.38. The molecule has 0 aromatic carbocycles. The average molecular weight is 257 g/mol. The van der Waals surface area contributed by atoms with E-state index in [0.717, 1.165) is 13.0 Å². The molecule has 0 aromatic rings. The number of amides is 1. The zero-order chi connectivity index (χ0) is 13.1. The lowest BCUT2D eigenvalue weighted by Gasteiger charge is -2.16. The maximum Gasteiger partial charge on any atom is 0.307 e. The minimum atomic E-state index is -0.887. The number of carboxylic acid groups (broad SMARTS) is 1. The zero-order valence-corrected chi connectivity index (χ0v) is 10.4. The largest absolute Gasteiger partial charge is 0.481 e. The topological polar surface area (TPSA) is 84.9 Å². The summed E-state index contributed by atoms with van der Waals surface area (Å²) in [6.07, 6.45) is 1.47. The monoisotopic (exact) mass is 257 g/mol. The van der Waals surface area contributed by atoms with Crippen LogP contribution in [0.15, 0.2) is 0 Å². The maximum absolute atomic E-state index is 11.7. The van der Waals surface area contributed by atoms with Gasteiger partial charge in [-0.15, -0.1) is 0 Å². The van der Waals surface area contributed by atoms with Gasteiger partial charge in [0.15, 0.2) is 0 Å². The van der Waals surface area contributed by atoms with E-state index in [0.29, 0.717) is 19.6 Å². The number of carbonyl (C=O) groups excluding carboxylic acids is 1. The Balaban J connectivity index is 1.63. The van der Waals surface area contributed by atoms with Crippen molar-refractivity contribution in [1.82, 2.24) is 5.32 Å². The third-order valence-corrected chi connectivity index (χ3v) is 3.30. The van der Waals surface area contributed by atoms with Crippen LogP contribution >= 0.6 is 0 Å². The van der Waals surface area contributed by atoms with Gasteiger partial charge in [-0.3, -0.25) is 9.59 Å². The fourth-order valence-electron chi connectivity index (χ4n) is 2.07. The van der Waals surface area contributed by atoms with E-state index in [1.165, 1.54) is 0 Å². The molecular formula is C12H19NO5. The van der Waals surface area contributed by atoms with Gasteiger partial charge in [-0.25, -0.2) is 0 Å². The summed E-state index contributed by atoms with van der Waals surface area (Å²) in [6, 6.07) is -0.104. The Morgan fingerprint density at radius 3 is 2.83 bits per heavy atom. The van der Waals surface area contributed by atoms with Crippen LogP contribution in [-0.2, 0) is 19.1 Å². The predicted octanol–water partition coefficient (Wildman–Crippen LogP) is 0.0173. The lowest BCUT2D eigenvalue weighted by atomic mass is 10.2. The van der Waals surface area contributed by atoms with Gasteiger partial charge in [-0.05, 0) is 19.8 Å². The van der Waals surface area contributed by atoms with Crippen LogP contribution in [0.4, 0.5) is 0 Å². The molecule has 4 atom stereocenters. The number of hydrogen-bond acceptors (Lipinski definition) is 4. The number of nitrogens with one attached hydrogen (secondary N) is 1. The molecule has 6 nitrogen and oxygen atoms in total. The molecule has 1 saturated heterocycles. The first kappa shape index (κ1) is 13.3. The molecule has 0 radical (unpaired) electrons. The molecule has 18 heavy (non-hydrogen) atoms. The van der Waals surface area contributed by atoms with Gasteiger partial charge in [0.25, 0.3) is 0 Å². The van der Waals surface area contributed by atoms with Gasteiger partial charge < -0.3 is 19.9 Å². The zero-order valence-electron chi connectivity index (χ0n) is 10.4. The van der Waals surface area contributed by atoms with Crippen LogP contribution in [-0.4, -0.2) is 48.9 Å². The fraction of sp³-hybridized carbons (Fsp3) is 0.833. The molecule has 0 bridgehead atoms. The van der Waals surface area contributed by atoms with Crippen molar-refractivity contribution in [3.8, 4) is 0 Å². The van der Waals surface area contributed by atoms with Crippen molar-refractivity contribution >= 4 is 11.9 Å². The summed E-state index contributed by atoms with van der Waals surface area (Å²) in [6.45, 7) is 3.63. The second-order valence-corrected chi connectivity index (χ2v) is 5.02. The minimum absolute atomic E-state index is 0.104. The van der Waals surface area contributed by atoms with Crippen LogP contribution < -0.4 is 5.32 Å². The molecule has 0 aromatic heterocycles. The van der Waals surface area contributed by atoms with Crippen LogP contribution in [0, 0.1) is 11.8 Å². The highest BCUT2D eigenvalue weighted by Gasteiger charge is 2.48. The molecule has 2 fully saturated rings. The standard InChI is InChI=1S/C12H19NO5/c1-7(5-18-8-2-3-17-6-8)13-11(14)9-4-10(9)12(15)16/h7-10H,2-6H2,1H3,(H,13,14)(H,15,16)/t7-,8-,9-,10+/m1/s1. The Morgan fingerprint density at radius 2 is 2.28 bits per heavy atom. The Hall–Kier alpha value is -1.14. The van der Waals surface area contributed by atoms with E-state index < -0.39 is 11.9 Å². The summed E-state index contributed by atoms with van der Waals surface area (Å²) in [4.78, 5) is 22.3. The lowest BCUT2D eigenvalue weighted by molar-refractivity contribution is -0.140. The van der Waals surface area contributed by atoms with E-state index >= 15 is 0 Å². The third-order valence-electron chi connectivity index (χ3n) is 3.30. The molecule has 2 N–H and O–H groups in total. The van der Waals surface area contributed by atoms with Gasteiger partial charge in [0.1, 0.15) is 0 Å². The summed E-state index contributed by atoms with van der Waals surface area (Å²) < 4.78 is 10.8. The van der Waals surface area contributed by atoms with Crippen molar-refractivity contribution in [3.05, 3.63) is 0 Å². The quantitative estimate of drug-likeness (QED) is 0.700. The molecule has 1 aliphatic heterocycles. The Kier molecular flexibility index (Phi) is 4.19. The summed E-state index contributed by atoms with van der Waals surface area (Å²) >= 11 is 0. The van der Waals surface area contributed by atoms with Crippen molar-refractivity contribution < 1.29 is 24.2 Å². The number of ether oxygens (including phenoxy) is 2. The van der Waals surface area contributed by atoms with Gasteiger partial charge in [0.05, 0.1) is 31.2 Å². The first-order valence-corrected chi connectivity index (χ1v) is 6.30. The molecule has 1 heterocycles. The number of hydrogen-bond donors (Lipinski definition) is 2. The highest BCUT2D eigenvalue weighted by atomic mass is 16.5. The van der Waals surface area contributed by atoms with Crippen molar-refractivity contribution in [3.63, 3.8) is 0 Å². The van der Waals surface area contributed by atoms with Gasteiger partial charge in [-0.2, -0.15) is 0 Å². The maximum atomic E-state index is 11.7. The van der Waals surface area contributed by atoms with Crippen LogP contribution in [0.1, 0.15) is 19.8 Å². The molecule has 102 valence electrons. The van der Waals surface area contributed by atoms with E-state index in [1.54, 1.807) is 0 Å². The molecule has 1 saturated carbocycles. The first-order valence-electron chi connectivity index (χ1n) is 6.30. The van der Waals surface area contributed by atoms with Crippen molar-refractivity contribution in [1.29, 1.82) is 0 Å². The summed E-state index contributed by atoms with van der Waals surface area (Å²) in [5, 5.41) is 11.5. The Bertz CT molecular complexity index is 326. The van der Waals surface area contributed by atoms with Gasteiger partial charge >= 0.3 is 5.97 Å². The van der Waals surface area contributed by atoms with Crippen LogP contribution in [0.25, 0.3) is 0 Å². The second kappa shape index (κ2) is 5.67. The summed E-state index contributed by atoms with van der Waals surface area (Å²) in [7, 11) is 0. The molecule has 1 amide bonds. The number of aliphatic carboxylic acids is 1. The van der Waals surface area contributed by atoms with E-state index in [4.69, 9.17) is 14.6 Å². The normalized spacial score (nSPS) is 31.9. The molecule has 0 unspecified atom stereocenters. The Morgan fingerprint density at radius 1 is 1.50 bits per heavy atom. The molecule has 6 heteroatoms. The number of rotatable bonds is 6. The number of carbonyl (C=O) groups is 2. The van der Waals surface area contributed by atoms with E-state index in [2.05, 4.69) is 5.32 Å². The third kappa shape index (κ3) is 3.43. The average Bonchev–Trinajstić information content (AvgIpc) is 2.97. The fourth-order valence-corrected chi connectivity index (χ4v) is 2.07. The van der Waals surface area contributed by atoms with Gasteiger partial charge in [0.2, 0.25) is 5.91 Å². The van der Waals surface area contributed by atoms with E-state index in [1.807, 2.05) is 6.92 Å². The SMILES string of the molecule is C[C@H](CO[C@@H]1CCOC1)NC(=O)[C@@H]1C[C@@H]1C(=O)O. The predicted molar refractivity (Wildman–Crippen MR) is 62.0 cm³/mol. The van der Waals surface area contributed by atoms with Crippen LogP contribution in [0.5, 0.6) is 0 Å². The summed E-state index contributed by atoms with van der Waals surface area (Å²) in [5.41, 5.74) is 0. The van der Waals surface area contributed by atoms with Crippen molar-refractivity contribution in [2.24, 2.45) is 11.8 Å². The molecule has 1 aliphatic carbocycles. The van der Waals surface area contributed by atoms with Gasteiger partial charge in [-0.1, -0.05) is 0 Å². The van der Waals surface area contributed by atoms with E-state index in [-0.39, 0.29) is 24.0 Å². The second-order valence-electron chi connectivity index (χ2n) is 5.02. The van der Waals surface area contributed by atoms with Crippen molar-refractivity contribution in [2.75, 3.05) is 19.8 Å². The minimum Gasteiger partial charge on any atom is -0.481 e. The first-order chi connectivity index (χ1) is 8.58. The van der Waals surface area contributed by atoms with Crippen LogP contribution in [0.3, 0.4) is 0 Å². The van der Waals surface area contributed by atoms with Gasteiger partial charge in [0, 0.05) is 12.6 Å². The lowest BCUT2D eigenvalue weighted by Crippen LogP contribution is -2.38. The Labute approximate surface area is 106 Å². The molecule has 2 rings (SSSR count). The van der Waals surface area contributed by atoms with Crippen LogP contribution in [0.2, 0.25) is 0 Å². The number of carboxylic acids is 1. The summed E-state index contributed by atoms with van der Waals surface area (Å²) in [5.74, 6) is -1.93. The van der Waals surface area contributed by atoms with E-state index in [9.17, 15) is 9.59 Å². The molecular weight excluding hydrogens is 238 g/mol. The van der Waals surface area contributed by atoms with Crippen molar-refractivity contribution in [2.45, 2.75) is 31.9 Å². The smallest absolute Gasteiger partial charge is 0.307 e. The molecule has 2 aliphatic rings. The highest BCUT2D eigenvalue weighted by molar-refractivity contribution is 5.89.